The molecule has 0 saturated heterocycles. The second-order valence-electron chi connectivity index (χ2n) is 0.482. The van der Waals surface area contributed by atoms with Gasteiger partial charge in [0.1, 0.15) is 0 Å². The molecule has 0 aromatic rings. The first-order valence-corrected chi connectivity index (χ1v) is 1.17. The maximum Gasteiger partial charge on any atom is 0.0748 e. The van der Waals surface area contributed by atoms with E-state index < -0.39 is 0 Å². The van der Waals surface area contributed by atoms with Gasteiger partial charge in [0, 0.05) is 0 Å². The molecule has 3 N–H and O–H groups in total. The highest BCUT2D eigenvalue weighted by atomic mass is 16.2. The monoisotopic (exact) mass is 76.1 g/mol. The topological polar surface area (TPSA) is 51.7 Å². The largest absolute Gasteiger partial charge is 0.516 e. The van der Waals surface area contributed by atoms with Crippen molar-refractivity contribution in [3.8, 4) is 0 Å². The molecule has 2 heteroatoms. The normalized spacial score (nSPS) is 7.40. The van der Waals surface area contributed by atoms with E-state index in [1.54, 1.807) is 13.0 Å². The number of aliphatic hydroxyl groups excluding tert-OH is 1. The van der Waals surface area contributed by atoms with E-state index in [2.05, 4.69) is 0 Å². The zero-order chi connectivity index (χ0) is 3.41. The van der Waals surface area contributed by atoms with Crippen molar-refractivity contribution in [2.45, 2.75) is 6.92 Å². The fraction of sp³-hybridized carbons (Fsp3) is 0.333. The standard InChI is InChI=1S/C3H6O.H2O/c1-2-3-4;/h2-4H,1H3;1H2/b3-2+;. The Balaban J connectivity index is 0. The second-order valence-corrected chi connectivity index (χ2v) is 0.482. The van der Waals surface area contributed by atoms with Crippen LogP contribution in [0.2, 0.25) is 0 Å². The maximum absolute atomic E-state index is 7.69. The van der Waals surface area contributed by atoms with E-state index in [0.29, 0.717) is 0 Å². The van der Waals surface area contributed by atoms with Gasteiger partial charge in [-0.1, -0.05) is 6.08 Å². The molecule has 0 atom stereocenters. The van der Waals surface area contributed by atoms with E-state index in [0.717, 1.165) is 6.26 Å². The molecule has 0 unspecified atom stereocenters. The summed E-state index contributed by atoms with van der Waals surface area (Å²) in [4.78, 5) is 0. The minimum Gasteiger partial charge on any atom is -0.516 e. The van der Waals surface area contributed by atoms with Gasteiger partial charge in [-0.25, -0.2) is 0 Å². The van der Waals surface area contributed by atoms with Crippen molar-refractivity contribution in [3.05, 3.63) is 12.3 Å². The van der Waals surface area contributed by atoms with Gasteiger partial charge in [0.15, 0.2) is 0 Å². The first-order chi connectivity index (χ1) is 1.91. The number of allylic oxidation sites excluding steroid dienone is 1. The third-order valence-electron chi connectivity index (χ3n) is 0.149. The summed E-state index contributed by atoms with van der Waals surface area (Å²) in [6, 6.07) is 0. The molecule has 0 rings (SSSR count). The zero-order valence-corrected chi connectivity index (χ0v) is 3.10. The Kier molecular flexibility index (Phi) is 17.1. The van der Waals surface area contributed by atoms with Crippen molar-refractivity contribution in [1.29, 1.82) is 0 Å². The quantitative estimate of drug-likeness (QED) is 0.413. The van der Waals surface area contributed by atoms with E-state index in [-0.39, 0.29) is 5.48 Å². The van der Waals surface area contributed by atoms with Crippen molar-refractivity contribution in [2.75, 3.05) is 0 Å². The van der Waals surface area contributed by atoms with E-state index >= 15 is 0 Å². The lowest BCUT2D eigenvalue weighted by Crippen LogP contribution is -1.36. The summed E-state index contributed by atoms with van der Waals surface area (Å²) in [5.41, 5.74) is 0. The van der Waals surface area contributed by atoms with Gasteiger partial charge in [0.05, 0.1) is 6.26 Å². The van der Waals surface area contributed by atoms with Crippen LogP contribution >= 0.6 is 0 Å². The van der Waals surface area contributed by atoms with Gasteiger partial charge in [0.2, 0.25) is 0 Å². The van der Waals surface area contributed by atoms with Crippen LogP contribution in [0, 0.1) is 0 Å². The average molecular weight is 76.1 g/mol. The van der Waals surface area contributed by atoms with E-state index in [1.807, 2.05) is 0 Å². The van der Waals surface area contributed by atoms with Gasteiger partial charge >= 0.3 is 0 Å². The summed E-state index contributed by atoms with van der Waals surface area (Å²) < 4.78 is 0. The Hall–Kier alpha value is -0.500. The third-order valence-corrected chi connectivity index (χ3v) is 0.149. The van der Waals surface area contributed by atoms with Crippen molar-refractivity contribution < 1.29 is 10.6 Å². The molecule has 0 aromatic carbocycles. The number of hydrogen-bond donors (Lipinski definition) is 1. The summed E-state index contributed by atoms with van der Waals surface area (Å²) in [5, 5.41) is 7.69. The van der Waals surface area contributed by atoms with Crippen LogP contribution in [0.4, 0.5) is 0 Å². The zero-order valence-electron chi connectivity index (χ0n) is 3.10. The molecule has 2 nitrogen and oxygen atoms in total. The summed E-state index contributed by atoms with van der Waals surface area (Å²) in [5.74, 6) is 0. The third kappa shape index (κ3) is 31.5. The van der Waals surface area contributed by atoms with Gasteiger partial charge in [-0.05, 0) is 6.92 Å². The average Bonchev–Trinajstić information content (AvgIpc) is 1.37. The summed E-state index contributed by atoms with van der Waals surface area (Å²) in [6.45, 7) is 1.75. The van der Waals surface area contributed by atoms with Crippen LogP contribution in [0.3, 0.4) is 0 Å². The Labute approximate surface area is 31.1 Å². The number of rotatable bonds is 0. The fourth-order valence-corrected chi connectivity index (χ4v) is 0. The first kappa shape index (κ1) is 8.82. The second kappa shape index (κ2) is 9.72. The molecule has 0 amide bonds. The molecular formula is C3H8O2. The van der Waals surface area contributed by atoms with Gasteiger partial charge in [-0.3, -0.25) is 0 Å². The Morgan fingerprint density at radius 3 is 1.80 bits per heavy atom. The fourth-order valence-electron chi connectivity index (χ4n) is 0. The SMILES string of the molecule is C/C=C/O.O. The molecule has 0 fully saturated rings. The predicted octanol–water partition coefficient (Wildman–Crippen LogP) is 0.253. The highest BCUT2D eigenvalue weighted by Crippen LogP contribution is 1.51. The molecule has 0 spiro atoms. The van der Waals surface area contributed by atoms with Gasteiger partial charge in [-0.15, -0.1) is 0 Å². The van der Waals surface area contributed by atoms with Crippen LogP contribution in [0.1, 0.15) is 6.92 Å². The minimum absolute atomic E-state index is 0. The highest BCUT2D eigenvalue weighted by Gasteiger charge is 1.35. The number of aliphatic hydroxyl groups is 1. The lowest BCUT2D eigenvalue weighted by molar-refractivity contribution is 0.472. The Morgan fingerprint density at radius 1 is 1.60 bits per heavy atom. The maximum atomic E-state index is 7.69. The molecule has 0 aliphatic carbocycles. The van der Waals surface area contributed by atoms with Gasteiger partial charge in [-0.2, -0.15) is 0 Å². The van der Waals surface area contributed by atoms with Crippen LogP contribution in [0.25, 0.3) is 0 Å². The molecule has 0 aromatic heterocycles. The van der Waals surface area contributed by atoms with E-state index in [1.165, 1.54) is 0 Å². The molecule has 32 valence electrons. The lowest BCUT2D eigenvalue weighted by Gasteiger charge is -1.53. The van der Waals surface area contributed by atoms with Crippen molar-refractivity contribution >= 4 is 0 Å². The predicted molar refractivity (Wildman–Crippen MR) is 21.1 cm³/mol. The first-order valence-electron chi connectivity index (χ1n) is 1.17. The van der Waals surface area contributed by atoms with Crippen LogP contribution in [0.15, 0.2) is 12.3 Å². The van der Waals surface area contributed by atoms with Crippen LogP contribution in [-0.4, -0.2) is 10.6 Å². The Morgan fingerprint density at radius 2 is 1.80 bits per heavy atom. The van der Waals surface area contributed by atoms with Crippen LogP contribution < -0.4 is 0 Å². The molecule has 0 saturated carbocycles. The highest BCUT2D eigenvalue weighted by molar-refractivity contribution is 4.60. The van der Waals surface area contributed by atoms with Crippen LogP contribution in [0.5, 0.6) is 0 Å². The summed E-state index contributed by atoms with van der Waals surface area (Å²) in [7, 11) is 0. The lowest BCUT2D eigenvalue weighted by atomic mass is 10.8. The summed E-state index contributed by atoms with van der Waals surface area (Å²) in [6.07, 6.45) is 2.56. The van der Waals surface area contributed by atoms with Crippen molar-refractivity contribution in [3.63, 3.8) is 0 Å². The minimum atomic E-state index is 0. The molecule has 0 radical (unpaired) electrons. The molecule has 0 aliphatic rings. The molecule has 0 heterocycles. The molecular weight excluding hydrogens is 68.0 g/mol. The van der Waals surface area contributed by atoms with Crippen molar-refractivity contribution in [1.82, 2.24) is 0 Å². The van der Waals surface area contributed by atoms with E-state index in [9.17, 15) is 0 Å². The number of hydrogen-bond acceptors (Lipinski definition) is 1. The van der Waals surface area contributed by atoms with Gasteiger partial charge < -0.3 is 10.6 Å². The molecule has 5 heavy (non-hydrogen) atoms. The van der Waals surface area contributed by atoms with Gasteiger partial charge in [0.25, 0.3) is 0 Å². The summed E-state index contributed by atoms with van der Waals surface area (Å²) >= 11 is 0. The molecule has 0 bridgehead atoms. The Bertz CT molecular complexity index is 20.1. The van der Waals surface area contributed by atoms with Crippen molar-refractivity contribution in [2.24, 2.45) is 0 Å². The molecule has 0 aliphatic heterocycles. The van der Waals surface area contributed by atoms with Crippen LogP contribution in [-0.2, 0) is 0 Å². The van der Waals surface area contributed by atoms with E-state index in [4.69, 9.17) is 5.11 Å². The smallest absolute Gasteiger partial charge is 0.0748 e.